The number of nitro benzene ring substituents is 1. The van der Waals surface area contributed by atoms with Gasteiger partial charge in [0.1, 0.15) is 6.54 Å². The molecule has 0 unspecified atom stereocenters. The number of hydrogen-bond acceptors (Lipinski definition) is 5. The summed E-state index contributed by atoms with van der Waals surface area (Å²) < 4.78 is 35.8. The fraction of sp³-hybridized carbons (Fsp3) is 0.250. The van der Waals surface area contributed by atoms with E-state index in [9.17, 15) is 23.3 Å². The molecule has 6 nitrogen and oxygen atoms in total. The molecule has 0 heterocycles. The number of non-ortho nitro benzene ring substituents is 1. The number of hydrogen-bond donors (Lipinski definition) is 3. The van der Waals surface area contributed by atoms with Gasteiger partial charge in [0.15, 0.2) is 0 Å². The van der Waals surface area contributed by atoms with Gasteiger partial charge in [-0.2, -0.15) is 13.2 Å². The molecule has 0 radical (unpaired) electrons. The highest BCUT2D eigenvalue weighted by atomic mass is 19.4. The molecule has 1 aromatic carbocycles. The highest BCUT2D eigenvalue weighted by Gasteiger charge is 2.26. The zero-order valence-electron chi connectivity index (χ0n) is 8.41. The van der Waals surface area contributed by atoms with Gasteiger partial charge < -0.3 is 10.7 Å². The lowest BCUT2D eigenvalue weighted by Gasteiger charge is -2.10. The summed E-state index contributed by atoms with van der Waals surface area (Å²) in [5, 5.41) is 12.5. The van der Waals surface area contributed by atoms with Crippen LogP contribution in [0.4, 0.5) is 30.2 Å². The summed E-state index contributed by atoms with van der Waals surface area (Å²) in [6.45, 7) is -1.28. The molecular formula is C8H9F3N4O2. The fourth-order valence-electron chi connectivity index (χ4n) is 1.10. The summed E-state index contributed by atoms with van der Waals surface area (Å²) in [7, 11) is 0. The van der Waals surface area contributed by atoms with Crippen LogP contribution in [0.25, 0.3) is 0 Å². The third-order valence-corrected chi connectivity index (χ3v) is 1.79. The Balaban J connectivity index is 2.91. The predicted molar refractivity (Wildman–Crippen MR) is 55.5 cm³/mol. The molecule has 0 aliphatic rings. The molecule has 4 N–H and O–H groups in total. The molecule has 1 aromatic rings. The average Bonchev–Trinajstić information content (AvgIpc) is 2.25. The molecule has 0 amide bonds. The highest BCUT2D eigenvalue weighted by molar-refractivity contribution is 5.63. The Morgan fingerprint density at radius 3 is 2.35 bits per heavy atom. The standard InChI is InChI=1S/C8H9F3N4O2/c9-8(10,11)4-13-5-1-6(14-12)3-7(2-5)15(16)17/h1-3,13-14H,4,12H2. The van der Waals surface area contributed by atoms with E-state index < -0.39 is 17.6 Å². The third-order valence-electron chi connectivity index (χ3n) is 1.79. The summed E-state index contributed by atoms with van der Waals surface area (Å²) in [5.74, 6) is 5.05. The van der Waals surface area contributed by atoms with Gasteiger partial charge in [-0.15, -0.1) is 0 Å². The lowest BCUT2D eigenvalue weighted by atomic mass is 10.2. The van der Waals surface area contributed by atoms with Gasteiger partial charge in [0.05, 0.1) is 10.6 Å². The van der Waals surface area contributed by atoms with Gasteiger partial charge in [-0.3, -0.25) is 16.0 Å². The molecule has 94 valence electrons. The number of hydrazine groups is 1. The molecule has 0 saturated heterocycles. The maximum absolute atomic E-state index is 11.9. The Labute approximate surface area is 93.7 Å². The second-order valence-corrected chi connectivity index (χ2v) is 3.14. The molecule has 0 fully saturated rings. The maximum Gasteiger partial charge on any atom is 0.405 e. The highest BCUT2D eigenvalue weighted by Crippen LogP contribution is 2.25. The van der Waals surface area contributed by atoms with E-state index >= 15 is 0 Å². The number of nitrogen functional groups attached to an aromatic ring is 1. The first-order valence-electron chi connectivity index (χ1n) is 4.38. The number of nitrogens with zero attached hydrogens (tertiary/aromatic N) is 1. The van der Waals surface area contributed by atoms with Crippen molar-refractivity contribution < 1.29 is 18.1 Å². The molecule has 17 heavy (non-hydrogen) atoms. The Bertz CT molecular complexity index is 422. The van der Waals surface area contributed by atoms with Crippen molar-refractivity contribution in [2.75, 3.05) is 17.3 Å². The molecule has 0 aliphatic heterocycles. The van der Waals surface area contributed by atoms with Crippen molar-refractivity contribution in [1.29, 1.82) is 0 Å². The Hall–Kier alpha value is -2.03. The van der Waals surface area contributed by atoms with Crippen LogP contribution in [-0.2, 0) is 0 Å². The second-order valence-electron chi connectivity index (χ2n) is 3.14. The number of halogens is 3. The SMILES string of the molecule is NNc1cc(NCC(F)(F)F)cc([N+](=O)[O-])c1. The molecule has 0 atom stereocenters. The Morgan fingerprint density at radius 1 is 1.29 bits per heavy atom. The smallest absolute Gasteiger partial charge is 0.376 e. The van der Waals surface area contributed by atoms with E-state index in [1.807, 2.05) is 5.32 Å². The molecule has 0 aliphatic carbocycles. The van der Waals surface area contributed by atoms with Crippen molar-refractivity contribution in [2.45, 2.75) is 6.18 Å². The summed E-state index contributed by atoms with van der Waals surface area (Å²) in [5.41, 5.74) is 1.88. The molecule has 0 bridgehead atoms. The summed E-state index contributed by atoms with van der Waals surface area (Å²) in [6.07, 6.45) is -4.40. The van der Waals surface area contributed by atoms with Gasteiger partial charge in [0.25, 0.3) is 5.69 Å². The summed E-state index contributed by atoms with van der Waals surface area (Å²) >= 11 is 0. The number of nitrogens with two attached hydrogens (primary N) is 1. The van der Waals surface area contributed by atoms with Crippen LogP contribution in [0.1, 0.15) is 0 Å². The molecule has 0 saturated carbocycles. The normalized spacial score (nSPS) is 11.1. The number of benzene rings is 1. The minimum atomic E-state index is -4.40. The minimum absolute atomic E-state index is 0.0375. The van der Waals surface area contributed by atoms with Gasteiger partial charge in [-0.1, -0.05) is 0 Å². The Kier molecular flexibility index (Phi) is 3.73. The van der Waals surface area contributed by atoms with Crippen LogP contribution < -0.4 is 16.6 Å². The van der Waals surface area contributed by atoms with Crippen LogP contribution in [0.3, 0.4) is 0 Å². The van der Waals surface area contributed by atoms with E-state index in [0.717, 1.165) is 12.1 Å². The summed E-state index contributed by atoms with van der Waals surface area (Å²) in [4.78, 5) is 9.79. The van der Waals surface area contributed by atoms with Gasteiger partial charge in [0, 0.05) is 17.8 Å². The monoisotopic (exact) mass is 250 g/mol. The first-order valence-corrected chi connectivity index (χ1v) is 4.38. The van der Waals surface area contributed by atoms with Crippen molar-refractivity contribution in [2.24, 2.45) is 5.84 Å². The van der Waals surface area contributed by atoms with Crippen LogP contribution >= 0.6 is 0 Å². The lowest BCUT2D eigenvalue weighted by Crippen LogP contribution is -2.21. The predicted octanol–water partition coefficient (Wildman–Crippen LogP) is 1.85. The quantitative estimate of drug-likeness (QED) is 0.431. The Morgan fingerprint density at radius 2 is 1.88 bits per heavy atom. The number of anilines is 2. The molecule has 0 aromatic heterocycles. The van der Waals surface area contributed by atoms with Crippen LogP contribution in [0.2, 0.25) is 0 Å². The van der Waals surface area contributed by atoms with Gasteiger partial charge in [-0.25, -0.2) is 0 Å². The maximum atomic E-state index is 11.9. The molecular weight excluding hydrogens is 241 g/mol. The zero-order valence-corrected chi connectivity index (χ0v) is 8.41. The number of alkyl halides is 3. The van der Waals surface area contributed by atoms with Gasteiger partial charge in [0.2, 0.25) is 0 Å². The number of nitro groups is 1. The number of nitrogens with one attached hydrogen (secondary N) is 2. The second kappa shape index (κ2) is 4.87. The number of rotatable bonds is 4. The molecule has 1 rings (SSSR count). The molecule has 9 heteroatoms. The first kappa shape index (κ1) is 13.0. The van der Waals surface area contributed by atoms with E-state index in [-0.39, 0.29) is 17.1 Å². The van der Waals surface area contributed by atoms with E-state index in [2.05, 4.69) is 5.43 Å². The topological polar surface area (TPSA) is 93.2 Å². The van der Waals surface area contributed by atoms with Crippen molar-refractivity contribution in [3.63, 3.8) is 0 Å². The lowest BCUT2D eigenvalue weighted by molar-refractivity contribution is -0.384. The molecule has 0 spiro atoms. The summed E-state index contributed by atoms with van der Waals surface area (Å²) in [6, 6.07) is 3.34. The van der Waals surface area contributed by atoms with Crippen LogP contribution in [0.15, 0.2) is 18.2 Å². The van der Waals surface area contributed by atoms with Gasteiger partial charge in [-0.05, 0) is 6.07 Å². The van der Waals surface area contributed by atoms with Crippen LogP contribution in [0.5, 0.6) is 0 Å². The van der Waals surface area contributed by atoms with Crippen molar-refractivity contribution in [1.82, 2.24) is 0 Å². The fourth-order valence-corrected chi connectivity index (χ4v) is 1.10. The van der Waals surface area contributed by atoms with Crippen molar-refractivity contribution >= 4 is 17.1 Å². The van der Waals surface area contributed by atoms with E-state index in [1.165, 1.54) is 6.07 Å². The third kappa shape index (κ3) is 4.15. The van der Waals surface area contributed by atoms with Crippen LogP contribution in [-0.4, -0.2) is 17.6 Å². The van der Waals surface area contributed by atoms with Crippen LogP contribution in [0, 0.1) is 10.1 Å². The zero-order chi connectivity index (χ0) is 13.1. The minimum Gasteiger partial charge on any atom is -0.376 e. The van der Waals surface area contributed by atoms with Crippen molar-refractivity contribution in [3.8, 4) is 0 Å². The van der Waals surface area contributed by atoms with E-state index in [0.29, 0.717) is 0 Å². The average molecular weight is 250 g/mol. The van der Waals surface area contributed by atoms with Crippen molar-refractivity contribution in [3.05, 3.63) is 28.3 Å². The van der Waals surface area contributed by atoms with E-state index in [4.69, 9.17) is 5.84 Å². The van der Waals surface area contributed by atoms with E-state index in [1.54, 1.807) is 0 Å². The van der Waals surface area contributed by atoms with Gasteiger partial charge >= 0.3 is 6.18 Å². The first-order chi connectivity index (χ1) is 7.81. The largest absolute Gasteiger partial charge is 0.405 e.